The highest BCUT2D eigenvalue weighted by molar-refractivity contribution is 6.30. The monoisotopic (exact) mass is 283 g/mol. The van der Waals surface area contributed by atoms with E-state index in [4.69, 9.17) is 16.7 Å². The fraction of sp³-hybridized carbons (Fsp3) is 0.429. The molecule has 104 valence electrons. The molecule has 5 heteroatoms. The Morgan fingerprint density at radius 2 is 1.89 bits per heavy atom. The van der Waals surface area contributed by atoms with Crippen LogP contribution in [-0.4, -0.2) is 23.5 Å². The van der Waals surface area contributed by atoms with Crippen molar-refractivity contribution in [2.24, 2.45) is 5.92 Å². The number of rotatable bonds is 6. The third-order valence-corrected chi connectivity index (χ3v) is 3.09. The van der Waals surface area contributed by atoms with Crippen LogP contribution in [0.5, 0.6) is 0 Å². The Balaban J connectivity index is 2.97. The number of nitrogens with zero attached hydrogens (tertiary/aromatic N) is 1. The van der Waals surface area contributed by atoms with E-state index in [0.717, 1.165) is 12.8 Å². The zero-order valence-electron chi connectivity index (χ0n) is 11.1. The van der Waals surface area contributed by atoms with Gasteiger partial charge in [0.2, 0.25) is 5.91 Å². The molecule has 1 aromatic rings. The second kappa shape index (κ2) is 7.14. The second-order valence-corrected chi connectivity index (χ2v) is 4.92. The lowest BCUT2D eigenvalue weighted by Gasteiger charge is -2.24. The molecular weight excluding hydrogens is 266 g/mol. The summed E-state index contributed by atoms with van der Waals surface area (Å²) < 4.78 is 0. The van der Waals surface area contributed by atoms with Gasteiger partial charge in [0.1, 0.15) is 6.54 Å². The lowest BCUT2D eigenvalue weighted by Crippen LogP contribution is -2.39. The van der Waals surface area contributed by atoms with Crippen molar-refractivity contribution in [1.82, 2.24) is 0 Å². The van der Waals surface area contributed by atoms with E-state index in [2.05, 4.69) is 0 Å². The standard InChI is InChI=1S/C14H18ClNO3/c1-3-4-10(2)14(19)16(9-13(17)18)12-7-5-11(15)6-8-12/h5-8,10H,3-4,9H2,1-2H3,(H,17,18). The number of carbonyl (C=O) groups excluding carboxylic acids is 1. The number of benzene rings is 1. The van der Waals surface area contributed by atoms with Gasteiger partial charge in [0.05, 0.1) is 0 Å². The van der Waals surface area contributed by atoms with Crippen molar-refractivity contribution in [2.45, 2.75) is 26.7 Å². The SMILES string of the molecule is CCCC(C)C(=O)N(CC(=O)O)c1ccc(Cl)cc1. The molecule has 0 saturated heterocycles. The van der Waals surface area contributed by atoms with Gasteiger partial charge >= 0.3 is 5.97 Å². The summed E-state index contributed by atoms with van der Waals surface area (Å²) >= 11 is 5.79. The third kappa shape index (κ3) is 4.56. The van der Waals surface area contributed by atoms with Crippen LogP contribution in [0, 0.1) is 5.92 Å². The summed E-state index contributed by atoms with van der Waals surface area (Å²) in [4.78, 5) is 24.5. The quantitative estimate of drug-likeness (QED) is 0.872. The summed E-state index contributed by atoms with van der Waals surface area (Å²) in [5.74, 6) is -1.40. The number of hydrogen-bond donors (Lipinski definition) is 1. The molecular formula is C14H18ClNO3. The third-order valence-electron chi connectivity index (χ3n) is 2.84. The minimum absolute atomic E-state index is 0.174. The molecule has 0 bridgehead atoms. The predicted molar refractivity (Wildman–Crippen MR) is 75.5 cm³/mol. The average Bonchev–Trinajstić information content (AvgIpc) is 2.36. The van der Waals surface area contributed by atoms with Crippen LogP contribution in [0.15, 0.2) is 24.3 Å². The van der Waals surface area contributed by atoms with E-state index in [1.807, 2.05) is 13.8 Å². The number of carbonyl (C=O) groups is 2. The highest BCUT2D eigenvalue weighted by atomic mass is 35.5. The van der Waals surface area contributed by atoms with Crippen molar-refractivity contribution < 1.29 is 14.7 Å². The Labute approximate surface area is 118 Å². The molecule has 0 saturated carbocycles. The molecule has 0 heterocycles. The van der Waals surface area contributed by atoms with Crippen LogP contribution in [0.3, 0.4) is 0 Å². The van der Waals surface area contributed by atoms with E-state index < -0.39 is 5.97 Å². The fourth-order valence-electron chi connectivity index (χ4n) is 1.88. The van der Waals surface area contributed by atoms with Crippen LogP contribution in [-0.2, 0) is 9.59 Å². The van der Waals surface area contributed by atoms with Crippen LogP contribution in [0.4, 0.5) is 5.69 Å². The molecule has 1 aromatic carbocycles. The molecule has 0 aliphatic heterocycles. The molecule has 19 heavy (non-hydrogen) atoms. The summed E-state index contributed by atoms with van der Waals surface area (Å²) in [6, 6.07) is 6.59. The largest absolute Gasteiger partial charge is 0.480 e. The second-order valence-electron chi connectivity index (χ2n) is 4.48. The Morgan fingerprint density at radius 3 is 2.37 bits per heavy atom. The first-order chi connectivity index (χ1) is 8.95. The average molecular weight is 284 g/mol. The molecule has 1 N–H and O–H groups in total. The van der Waals surface area contributed by atoms with Crippen molar-refractivity contribution in [3.8, 4) is 0 Å². The maximum absolute atomic E-state index is 12.3. The minimum Gasteiger partial charge on any atom is -0.480 e. The first-order valence-corrected chi connectivity index (χ1v) is 6.62. The molecule has 1 rings (SSSR count). The highest BCUT2D eigenvalue weighted by Crippen LogP contribution is 2.21. The van der Waals surface area contributed by atoms with Crippen LogP contribution >= 0.6 is 11.6 Å². The lowest BCUT2D eigenvalue weighted by molar-refractivity contribution is -0.137. The number of carboxylic acids is 1. The number of aliphatic carboxylic acids is 1. The highest BCUT2D eigenvalue weighted by Gasteiger charge is 2.23. The molecule has 1 atom stereocenters. The predicted octanol–water partition coefficient (Wildman–Crippen LogP) is 3.19. The lowest BCUT2D eigenvalue weighted by atomic mass is 10.0. The molecule has 0 aliphatic rings. The Bertz CT molecular complexity index is 445. The summed E-state index contributed by atoms with van der Waals surface area (Å²) in [5, 5.41) is 9.49. The van der Waals surface area contributed by atoms with Crippen LogP contribution in [0.2, 0.25) is 5.02 Å². The maximum atomic E-state index is 12.3. The molecule has 0 aliphatic carbocycles. The first-order valence-electron chi connectivity index (χ1n) is 6.24. The van der Waals surface area contributed by atoms with Gasteiger partial charge in [0.15, 0.2) is 0 Å². The maximum Gasteiger partial charge on any atom is 0.323 e. The molecule has 4 nitrogen and oxygen atoms in total. The molecule has 0 fully saturated rings. The van der Waals surface area contributed by atoms with Gasteiger partial charge in [-0.15, -0.1) is 0 Å². The Morgan fingerprint density at radius 1 is 1.32 bits per heavy atom. The van der Waals surface area contributed by atoms with Gasteiger partial charge in [-0.3, -0.25) is 9.59 Å². The smallest absolute Gasteiger partial charge is 0.323 e. The van der Waals surface area contributed by atoms with E-state index in [-0.39, 0.29) is 18.4 Å². The molecule has 1 unspecified atom stereocenters. The van der Waals surface area contributed by atoms with Gasteiger partial charge in [-0.2, -0.15) is 0 Å². The van der Waals surface area contributed by atoms with Gasteiger partial charge in [0, 0.05) is 16.6 Å². The van der Waals surface area contributed by atoms with Gasteiger partial charge < -0.3 is 10.0 Å². The first kappa shape index (κ1) is 15.5. The van der Waals surface area contributed by atoms with E-state index >= 15 is 0 Å². The minimum atomic E-state index is -1.04. The van der Waals surface area contributed by atoms with E-state index in [0.29, 0.717) is 10.7 Å². The Hall–Kier alpha value is -1.55. The number of carboxylic acid groups (broad SMARTS) is 1. The summed E-state index contributed by atoms with van der Waals surface area (Å²) in [6.45, 7) is 3.47. The van der Waals surface area contributed by atoms with Crippen LogP contribution in [0.1, 0.15) is 26.7 Å². The molecule has 0 spiro atoms. The van der Waals surface area contributed by atoms with Crippen molar-refractivity contribution in [2.75, 3.05) is 11.4 Å². The van der Waals surface area contributed by atoms with E-state index in [1.165, 1.54) is 4.90 Å². The van der Waals surface area contributed by atoms with Crippen LogP contribution < -0.4 is 4.90 Å². The summed E-state index contributed by atoms with van der Waals surface area (Å²) in [7, 11) is 0. The number of hydrogen-bond acceptors (Lipinski definition) is 2. The van der Waals surface area contributed by atoms with Crippen molar-refractivity contribution >= 4 is 29.2 Å². The topological polar surface area (TPSA) is 57.6 Å². The van der Waals surface area contributed by atoms with Gasteiger partial charge in [-0.05, 0) is 30.7 Å². The summed E-state index contributed by atoms with van der Waals surface area (Å²) in [6.07, 6.45) is 1.62. The van der Waals surface area contributed by atoms with E-state index in [1.54, 1.807) is 24.3 Å². The van der Waals surface area contributed by atoms with E-state index in [9.17, 15) is 9.59 Å². The molecule has 1 amide bonds. The van der Waals surface area contributed by atoms with Gasteiger partial charge in [-0.25, -0.2) is 0 Å². The number of anilines is 1. The van der Waals surface area contributed by atoms with Crippen molar-refractivity contribution in [3.63, 3.8) is 0 Å². The van der Waals surface area contributed by atoms with Gasteiger partial charge in [-0.1, -0.05) is 31.9 Å². The number of amides is 1. The fourth-order valence-corrected chi connectivity index (χ4v) is 2.00. The zero-order valence-corrected chi connectivity index (χ0v) is 11.9. The summed E-state index contributed by atoms with van der Waals surface area (Å²) in [5.41, 5.74) is 0.555. The van der Waals surface area contributed by atoms with Crippen LogP contribution in [0.25, 0.3) is 0 Å². The number of halogens is 1. The molecule has 0 radical (unpaired) electrons. The van der Waals surface area contributed by atoms with Crippen molar-refractivity contribution in [1.29, 1.82) is 0 Å². The van der Waals surface area contributed by atoms with Crippen molar-refractivity contribution in [3.05, 3.63) is 29.3 Å². The zero-order chi connectivity index (χ0) is 14.4. The molecule has 0 aromatic heterocycles. The normalized spacial score (nSPS) is 11.9. The Kier molecular flexibility index (Phi) is 5.83. The van der Waals surface area contributed by atoms with Gasteiger partial charge in [0.25, 0.3) is 0 Å².